The quantitative estimate of drug-likeness (QED) is 0.850. The summed E-state index contributed by atoms with van der Waals surface area (Å²) in [5.41, 5.74) is 1.59. The third kappa shape index (κ3) is 2.78. The molecule has 2 heterocycles. The predicted octanol–water partition coefficient (Wildman–Crippen LogP) is 2.76. The Morgan fingerprint density at radius 2 is 2.27 bits per heavy atom. The van der Waals surface area contributed by atoms with Crippen molar-refractivity contribution in [2.75, 3.05) is 20.2 Å². The highest BCUT2D eigenvalue weighted by atomic mass is 32.1. The van der Waals surface area contributed by atoms with Crippen LogP contribution in [0.4, 0.5) is 8.78 Å². The van der Waals surface area contributed by atoms with Crippen molar-refractivity contribution in [3.63, 3.8) is 0 Å². The number of likely N-dealkylation sites (N-methyl/N-ethyl adjacent to an activating group) is 1. The van der Waals surface area contributed by atoms with Crippen molar-refractivity contribution in [2.24, 2.45) is 0 Å². The minimum Gasteiger partial charge on any atom is -0.488 e. The van der Waals surface area contributed by atoms with Crippen LogP contribution in [0.2, 0.25) is 0 Å². The van der Waals surface area contributed by atoms with Crippen LogP contribution in [0, 0.1) is 16.4 Å². The maximum atomic E-state index is 13.7. The van der Waals surface area contributed by atoms with Crippen molar-refractivity contribution in [2.45, 2.75) is 18.9 Å². The summed E-state index contributed by atoms with van der Waals surface area (Å²) in [5, 5.41) is 3.09. The number of aromatic amines is 1. The monoisotopic (exact) mass is 325 g/mol. The first-order valence-corrected chi connectivity index (χ1v) is 7.55. The van der Waals surface area contributed by atoms with E-state index in [1.807, 2.05) is 17.8 Å². The molecule has 1 aromatic carbocycles. The standard InChI is InChI=1S/C15H17F2N3OS/c1-18-3-2-11-7-19-15(22)20(11)12-5-9-4-10(16)6-13(17)14(9)21-8-12/h4,6-7,12,18H,2-3,5,8H2,1H3,(H,19,22)/t12-/m1/s1. The highest BCUT2D eigenvalue weighted by Crippen LogP contribution is 2.33. The smallest absolute Gasteiger partial charge is 0.177 e. The van der Waals surface area contributed by atoms with Gasteiger partial charge in [0.15, 0.2) is 16.3 Å². The molecule has 4 nitrogen and oxygen atoms in total. The van der Waals surface area contributed by atoms with E-state index in [9.17, 15) is 8.78 Å². The zero-order valence-electron chi connectivity index (χ0n) is 12.2. The number of rotatable bonds is 4. The number of H-pyrrole nitrogens is 1. The van der Waals surface area contributed by atoms with E-state index in [1.54, 1.807) is 0 Å². The molecule has 1 aliphatic heterocycles. The highest BCUT2D eigenvalue weighted by Gasteiger charge is 2.26. The van der Waals surface area contributed by atoms with Gasteiger partial charge in [0.1, 0.15) is 12.4 Å². The Kier molecular flexibility index (Phi) is 4.26. The fraction of sp³-hybridized carbons (Fsp3) is 0.400. The van der Waals surface area contributed by atoms with Crippen LogP contribution >= 0.6 is 12.2 Å². The first-order valence-electron chi connectivity index (χ1n) is 7.14. The second-order valence-electron chi connectivity index (χ2n) is 5.35. The average Bonchev–Trinajstić information content (AvgIpc) is 2.85. The van der Waals surface area contributed by atoms with Crippen LogP contribution in [0.5, 0.6) is 5.75 Å². The van der Waals surface area contributed by atoms with Crippen LogP contribution in [0.3, 0.4) is 0 Å². The van der Waals surface area contributed by atoms with Gasteiger partial charge >= 0.3 is 0 Å². The number of fused-ring (bicyclic) bond motifs is 1. The molecule has 7 heteroatoms. The molecule has 0 saturated heterocycles. The van der Waals surface area contributed by atoms with Gasteiger partial charge in [0.05, 0.1) is 6.04 Å². The largest absolute Gasteiger partial charge is 0.488 e. The third-order valence-electron chi connectivity index (χ3n) is 3.85. The predicted molar refractivity (Wildman–Crippen MR) is 81.8 cm³/mol. The van der Waals surface area contributed by atoms with E-state index in [1.165, 1.54) is 6.07 Å². The molecule has 0 amide bonds. The number of nitrogens with one attached hydrogen (secondary N) is 2. The van der Waals surface area contributed by atoms with E-state index in [-0.39, 0.29) is 11.8 Å². The zero-order valence-corrected chi connectivity index (χ0v) is 13.0. The maximum Gasteiger partial charge on any atom is 0.177 e. The Hall–Kier alpha value is -1.73. The summed E-state index contributed by atoms with van der Waals surface area (Å²) in [6.45, 7) is 1.13. The number of halogens is 2. The molecule has 3 rings (SSSR count). The first kappa shape index (κ1) is 15.2. The molecule has 2 N–H and O–H groups in total. The van der Waals surface area contributed by atoms with Crippen molar-refractivity contribution in [3.8, 4) is 5.75 Å². The number of hydrogen-bond donors (Lipinski definition) is 2. The fourth-order valence-corrected chi connectivity index (χ4v) is 3.17. The molecule has 0 aliphatic carbocycles. The van der Waals surface area contributed by atoms with Crippen LogP contribution in [0.15, 0.2) is 18.3 Å². The molecule has 0 saturated carbocycles. The van der Waals surface area contributed by atoms with Crippen molar-refractivity contribution in [1.82, 2.24) is 14.9 Å². The van der Waals surface area contributed by atoms with Gasteiger partial charge in [-0.3, -0.25) is 0 Å². The van der Waals surface area contributed by atoms with Crippen LogP contribution in [-0.4, -0.2) is 29.8 Å². The molecule has 0 unspecified atom stereocenters. The lowest BCUT2D eigenvalue weighted by molar-refractivity contribution is 0.210. The molecule has 22 heavy (non-hydrogen) atoms. The average molecular weight is 325 g/mol. The molecule has 0 fully saturated rings. The molecule has 1 atom stereocenters. The van der Waals surface area contributed by atoms with Gasteiger partial charge < -0.3 is 19.6 Å². The van der Waals surface area contributed by atoms with E-state index in [2.05, 4.69) is 10.3 Å². The van der Waals surface area contributed by atoms with Gasteiger partial charge in [0, 0.05) is 42.9 Å². The summed E-state index contributed by atoms with van der Waals surface area (Å²) in [7, 11) is 1.89. The van der Waals surface area contributed by atoms with Gasteiger partial charge in [0.25, 0.3) is 0 Å². The number of aromatic nitrogens is 2. The molecule has 118 valence electrons. The van der Waals surface area contributed by atoms with Gasteiger partial charge in [0.2, 0.25) is 0 Å². The fourth-order valence-electron chi connectivity index (χ4n) is 2.85. The van der Waals surface area contributed by atoms with Crippen LogP contribution in [-0.2, 0) is 12.8 Å². The zero-order chi connectivity index (χ0) is 15.7. The lowest BCUT2D eigenvalue weighted by Gasteiger charge is -2.28. The highest BCUT2D eigenvalue weighted by molar-refractivity contribution is 7.71. The molecule has 1 aromatic heterocycles. The molecule has 0 bridgehead atoms. The molecule has 2 aromatic rings. The molecule has 0 radical (unpaired) electrons. The van der Waals surface area contributed by atoms with E-state index >= 15 is 0 Å². The Balaban J connectivity index is 1.92. The minimum atomic E-state index is -0.651. The molecular formula is C15H17F2N3OS. The van der Waals surface area contributed by atoms with Crippen LogP contribution in [0.25, 0.3) is 0 Å². The Bertz CT molecular complexity index is 741. The summed E-state index contributed by atoms with van der Waals surface area (Å²) in [6, 6.07) is 2.10. The van der Waals surface area contributed by atoms with E-state index < -0.39 is 11.6 Å². The maximum absolute atomic E-state index is 13.7. The van der Waals surface area contributed by atoms with E-state index in [0.717, 1.165) is 24.7 Å². The molecule has 1 aliphatic rings. The number of nitrogens with zero attached hydrogens (tertiary/aromatic N) is 1. The van der Waals surface area contributed by atoms with Gasteiger partial charge in [-0.15, -0.1) is 0 Å². The second kappa shape index (κ2) is 6.18. The number of hydrogen-bond acceptors (Lipinski definition) is 3. The first-order chi connectivity index (χ1) is 10.6. The van der Waals surface area contributed by atoms with Gasteiger partial charge in [-0.05, 0) is 25.3 Å². The summed E-state index contributed by atoms with van der Waals surface area (Å²) in [6.07, 6.45) is 3.18. The Labute approximate surface area is 132 Å². The second-order valence-corrected chi connectivity index (χ2v) is 5.74. The van der Waals surface area contributed by atoms with Gasteiger partial charge in [-0.1, -0.05) is 0 Å². The lowest BCUT2D eigenvalue weighted by Crippen LogP contribution is -2.27. The number of benzene rings is 1. The summed E-state index contributed by atoms with van der Waals surface area (Å²) < 4.78 is 35.2. The van der Waals surface area contributed by atoms with Crippen LogP contribution < -0.4 is 10.1 Å². The Morgan fingerprint density at radius 1 is 1.45 bits per heavy atom. The van der Waals surface area contributed by atoms with Gasteiger partial charge in [-0.25, -0.2) is 8.78 Å². The van der Waals surface area contributed by atoms with E-state index in [4.69, 9.17) is 17.0 Å². The topological polar surface area (TPSA) is 42.0 Å². The number of imidazole rings is 1. The van der Waals surface area contributed by atoms with Crippen molar-refractivity contribution in [1.29, 1.82) is 0 Å². The van der Waals surface area contributed by atoms with Crippen molar-refractivity contribution < 1.29 is 13.5 Å². The lowest BCUT2D eigenvalue weighted by atomic mass is 10.0. The Morgan fingerprint density at radius 3 is 3.05 bits per heavy atom. The summed E-state index contributed by atoms with van der Waals surface area (Å²) >= 11 is 5.34. The van der Waals surface area contributed by atoms with E-state index in [0.29, 0.717) is 23.4 Å². The van der Waals surface area contributed by atoms with Crippen molar-refractivity contribution in [3.05, 3.63) is 46.0 Å². The SMILES string of the molecule is CNCCc1c[nH]c(=S)n1[C@H]1COc2c(F)cc(F)cc2C1. The van der Waals surface area contributed by atoms with Crippen molar-refractivity contribution >= 4 is 12.2 Å². The third-order valence-corrected chi connectivity index (χ3v) is 4.16. The molecular weight excluding hydrogens is 308 g/mol. The normalized spacial score (nSPS) is 17.1. The number of ether oxygens (including phenoxy) is 1. The minimum absolute atomic E-state index is 0.0701. The summed E-state index contributed by atoms with van der Waals surface area (Å²) in [4.78, 5) is 3.04. The van der Waals surface area contributed by atoms with Gasteiger partial charge in [-0.2, -0.15) is 0 Å². The molecule has 0 spiro atoms. The summed E-state index contributed by atoms with van der Waals surface area (Å²) in [5.74, 6) is -1.09. The van der Waals surface area contributed by atoms with Crippen LogP contribution in [0.1, 0.15) is 17.3 Å².